The van der Waals surface area contributed by atoms with Gasteiger partial charge in [-0.15, -0.1) is 0 Å². The highest BCUT2D eigenvalue weighted by Gasteiger charge is 2.35. The lowest BCUT2D eigenvalue weighted by Crippen LogP contribution is -2.54. The molecule has 0 unspecified atom stereocenters. The first kappa shape index (κ1) is 30.7. The van der Waals surface area contributed by atoms with Gasteiger partial charge in [0.2, 0.25) is 28.6 Å². The molecule has 1 fully saturated rings. The topological polar surface area (TPSA) is 105 Å². The average Bonchev–Trinajstić information content (AvgIpc) is 3.71. The van der Waals surface area contributed by atoms with Gasteiger partial charge in [0.15, 0.2) is 11.5 Å². The molecule has 1 aliphatic heterocycles. The van der Waals surface area contributed by atoms with E-state index in [4.69, 9.17) is 21.1 Å². The number of sulfonamides is 1. The lowest BCUT2D eigenvalue weighted by molar-refractivity contribution is -0.140. The van der Waals surface area contributed by atoms with Crippen LogP contribution in [0.5, 0.6) is 11.5 Å². The van der Waals surface area contributed by atoms with Crippen LogP contribution in [0.4, 0.5) is 5.69 Å². The number of halogens is 1. The van der Waals surface area contributed by atoms with Gasteiger partial charge in [0.05, 0.1) is 11.4 Å². The van der Waals surface area contributed by atoms with Gasteiger partial charge in [-0.25, -0.2) is 8.42 Å². The number of hydrogen-bond donors (Lipinski definition) is 1. The zero-order valence-electron chi connectivity index (χ0n) is 24.1. The monoisotopic (exact) mass is 625 g/mol. The van der Waals surface area contributed by atoms with Gasteiger partial charge in [-0.3, -0.25) is 13.9 Å². The smallest absolute Gasteiger partial charge is 0.244 e. The molecule has 3 aromatic rings. The van der Waals surface area contributed by atoms with Gasteiger partial charge >= 0.3 is 0 Å². The SMILES string of the molecule is CCS(=O)(=O)N(CC(=O)N(Cc1ccc(Cl)cc1)[C@H](Cc1ccccc1)C(=O)NC1CCCC1)c1ccc2c(c1)OCO2. The van der Waals surface area contributed by atoms with Crippen LogP contribution in [0.3, 0.4) is 0 Å². The number of hydrogen-bond acceptors (Lipinski definition) is 6. The largest absolute Gasteiger partial charge is 0.454 e. The molecule has 3 aromatic carbocycles. The summed E-state index contributed by atoms with van der Waals surface area (Å²) < 4.78 is 38.7. The zero-order valence-corrected chi connectivity index (χ0v) is 25.6. The molecule has 1 N–H and O–H groups in total. The number of anilines is 1. The maximum absolute atomic E-state index is 14.3. The van der Waals surface area contributed by atoms with E-state index in [9.17, 15) is 18.0 Å². The van der Waals surface area contributed by atoms with E-state index in [-0.39, 0.29) is 43.1 Å². The molecule has 0 saturated heterocycles. The molecule has 0 radical (unpaired) electrons. The molecule has 5 rings (SSSR count). The third kappa shape index (κ3) is 7.61. The highest BCUT2D eigenvalue weighted by atomic mass is 35.5. The van der Waals surface area contributed by atoms with Crippen molar-refractivity contribution in [2.75, 3.05) is 23.4 Å². The maximum Gasteiger partial charge on any atom is 0.244 e. The minimum Gasteiger partial charge on any atom is -0.454 e. The third-order valence-electron chi connectivity index (χ3n) is 7.86. The van der Waals surface area contributed by atoms with Crippen molar-refractivity contribution in [1.29, 1.82) is 0 Å². The Balaban J connectivity index is 1.51. The van der Waals surface area contributed by atoms with E-state index in [1.165, 1.54) is 11.8 Å². The Bertz CT molecular complexity index is 1530. The molecule has 43 heavy (non-hydrogen) atoms. The van der Waals surface area contributed by atoms with E-state index in [1.807, 2.05) is 30.3 Å². The standard InChI is InChI=1S/C32H36ClN3O6S/c1-2-43(39,40)36(27-16-17-29-30(19-27)42-22-41-29)21-31(37)35(20-24-12-14-25(33)15-13-24)28(18-23-8-4-3-5-9-23)32(38)34-26-10-6-7-11-26/h3-5,8-9,12-17,19,26,28H,2,6-7,10-11,18,20-22H2,1H3,(H,34,38)/t28-/m1/s1. The summed E-state index contributed by atoms with van der Waals surface area (Å²) in [5.41, 5.74) is 1.93. The zero-order chi connectivity index (χ0) is 30.4. The third-order valence-corrected chi connectivity index (χ3v) is 9.86. The minimum absolute atomic E-state index is 0.0321. The number of amides is 2. The predicted molar refractivity (Wildman–Crippen MR) is 166 cm³/mol. The second-order valence-corrected chi connectivity index (χ2v) is 13.4. The molecule has 2 aliphatic rings. The number of carbonyl (C=O) groups excluding carboxylic acids is 2. The first-order valence-corrected chi connectivity index (χ1v) is 16.5. The molecule has 1 atom stereocenters. The molecule has 11 heteroatoms. The van der Waals surface area contributed by atoms with E-state index < -0.39 is 28.5 Å². The van der Waals surface area contributed by atoms with Gasteiger partial charge in [0.25, 0.3) is 0 Å². The van der Waals surface area contributed by atoms with Crippen molar-refractivity contribution in [3.8, 4) is 11.5 Å². The van der Waals surface area contributed by atoms with Crippen LogP contribution in [0.1, 0.15) is 43.7 Å². The van der Waals surface area contributed by atoms with Gasteiger partial charge in [-0.05, 0) is 55.2 Å². The van der Waals surface area contributed by atoms with Crippen molar-refractivity contribution in [2.24, 2.45) is 0 Å². The molecule has 0 spiro atoms. The Labute approximate surface area is 257 Å². The van der Waals surface area contributed by atoms with Crippen molar-refractivity contribution in [2.45, 2.75) is 57.7 Å². The number of ether oxygens (including phenoxy) is 2. The Kier molecular flexibility index (Phi) is 9.77. The molecule has 1 aliphatic carbocycles. The van der Waals surface area contributed by atoms with Crippen LogP contribution in [0.15, 0.2) is 72.8 Å². The molecular formula is C32H36ClN3O6S. The van der Waals surface area contributed by atoms with E-state index >= 15 is 0 Å². The summed E-state index contributed by atoms with van der Waals surface area (Å²) in [6.45, 7) is 1.15. The predicted octanol–water partition coefficient (Wildman–Crippen LogP) is 4.92. The summed E-state index contributed by atoms with van der Waals surface area (Å²) in [6.07, 6.45) is 4.13. The Morgan fingerprint density at radius 1 is 0.953 bits per heavy atom. The summed E-state index contributed by atoms with van der Waals surface area (Å²) in [7, 11) is -3.89. The summed E-state index contributed by atoms with van der Waals surface area (Å²) in [4.78, 5) is 29.8. The van der Waals surface area contributed by atoms with E-state index in [1.54, 1.807) is 42.5 Å². The number of nitrogens with zero attached hydrogens (tertiary/aromatic N) is 2. The van der Waals surface area contributed by atoms with Crippen LogP contribution in [0.25, 0.3) is 0 Å². The van der Waals surface area contributed by atoms with Gasteiger partial charge in [0.1, 0.15) is 12.6 Å². The van der Waals surface area contributed by atoms with Crippen LogP contribution in [-0.2, 0) is 32.6 Å². The van der Waals surface area contributed by atoms with Crippen molar-refractivity contribution >= 4 is 39.1 Å². The van der Waals surface area contributed by atoms with Gasteiger partial charge in [0, 0.05) is 30.1 Å². The molecule has 228 valence electrons. The van der Waals surface area contributed by atoms with Crippen molar-refractivity contribution < 1.29 is 27.5 Å². The van der Waals surface area contributed by atoms with Gasteiger partial charge in [-0.1, -0.05) is 66.9 Å². The quantitative estimate of drug-likeness (QED) is 0.306. The molecule has 0 bridgehead atoms. The second-order valence-electron chi connectivity index (χ2n) is 10.8. The van der Waals surface area contributed by atoms with Gasteiger partial charge < -0.3 is 19.7 Å². The normalized spacial score (nSPS) is 15.2. The van der Waals surface area contributed by atoms with E-state index in [2.05, 4.69) is 5.32 Å². The Hall–Kier alpha value is -3.76. The number of rotatable bonds is 12. The first-order valence-electron chi connectivity index (χ1n) is 14.5. The first-order chi connectivity index (χ1) is 20.7. The van der Waals surface area contributed by atoms with Gasteiger partial charge in [-0.2, -0.15) is 0 Å². The minimum atomic E-state index is -3.89. The number of fused-ring (bicyclic) bond motifs is 1. The fraction of sp³-hybridized carbons (Fsp3) is 0.375. The van der Waals surface area contributed by atoms with Crippen LogP contribution < -0.4 is 19.1 Å². The maximum atomic E-state index is 14.3. The number of carbonyl (C=O) groups is 2. The van der Waals surface area contributed by atoms with Crippen molar-refractivity contribution in [3.05, 3.63) is 88.9 Å². The highest BCUT2D eigenvalue weighted by molar-refractivity contribution is 7.92. The second kappa shape index (κ2) is 13.7. The summed E-state index contributed by atoms with van der Waals surface area (Å²) in [5, 5.41) is 3.71. The Morgan fingerprint density at radius 2 is 1.65 bits per heavy atom. The molecule has 1 saturated carbocycles. The number of benzene rings is 3. The molecule has 9 nitrogen and oxygen atoms in total. The van der Waals surface area contributed by atoms with Crippen LogP contribution in [0, 0.1) is 0 Å². The van der Waals surface area contributed by atoms with E-state index in [0.717, 1.165) is 41.1 Å². The summed E-state index contributed by atoms with van der Waals surface area (Å²) in [5.74, 6) is -0.0863. The lowest BCUT2D eigenvalue weighted by atomic mass is 10.0. The van der Waals surface area contributed by atoms with Crippen LogP contribution in [-0.4, -0.2) is 56.3 Å². The van der Waals surface area contributed by atoms with Crippen molar-refractivity contribution in [1.82, 2.24) is 10.2 Å². The molecular weight excluding hydrogens is 590 g/mol. The Morgan fingerprint density at radius 3 is 2.35 bits per heavy atom. The highest BCUT2D eigenvalue weighted by Crippen LogP contribution is 2.36. The van der Waals surface area contributed by atoms with Crippen LogP contribution in [0.2, 0.25) is 5.02 Å². The fourth-order valence-corrected chi connectivity index (χ4v) is 6.65. The fourth-order valence-electron chi connectivity index (χ4n) is 5.47. The lowest BCUT2D eigenvalue weighted by Gasteiger charge is -2.34. The number of nitrogens with one attached hydrogen (secondary N) is 1. The average molecular weight is 626 g/mol. The molecule has 0 aromatic heterocycles. The van der Waals surface area contributed by atoms with E-state index in [0.29, 0.717) is 16.5 Å². The summed E-state index contributed by atoms with van der Waals surface area (Å²) >= 11 is 6.13. The summed E-state index contributed by atoms with van der Waals surface area (Å²) in [6, 6.07) is 20.5. The van der Waals surface area contributed by atoms with Crippen molar-refractivity contribution in [3.63, 3.8) is 0 Å². The van der Waals surface area contributed by atoms with Crippen LogP contribution >= 0.6 is 11.6 Å². The molecule has 1 heterocycles. The molecule has 2 amide bonds.